The van der Waals surface area contributed by atoms with Crippen molar-refractivity contribution in [3.05, 3.63) is 46.3 Å². The van der Waals surface area contributed by atoms with Crippen molar-refractivity contribution < 1.29 is 4.74 Å². The molecule has 0 aliphatic rings. The highest BCUT2D eigenvalue weighted by molar-refractivity contribution is 9.10. The van der Waals surface area contributed by atoms with Crippen LogP contribution in [-0.4, -0.2) is 9.97 Å². The first-order valence-corrected chi connectivity index (χ1v) is 6.22. The number of hydrogen-bond acceptors (Lipinski definition) is 4. The molecule has 0 saturated heterocycles. The number of nitrogens with zero attached hydrogens (tertiary/aromatic N) is 3. The fourth-order valence-corrected chi connectivity index (χ4v) is 1.81. The maximum atomic E-state index is 8.98. The maximum Gasteiger partial charge on any atom is 0.223 e. The zero-order valence-corrected chi connectivity index (χ0v) is 11.3. The number of nitriles is 1. The number of aryl methyl sites for hydroxylation is 1. The van der Waals surface area contributed by atoms with E-state index in [1.165, 1.54) is 0 Å². The zero-order valence-electron chi connectivity index (χ0n) is 9.72. The summed E-state index contributed by atoms with van der Waals surface area (Å²) in [7, 11) is 0. The van der Waals surface area contributed by atoms with Crippen molar-refractivity contribution in [2.24, 2.45) is 0 Å². The molecule has 0 amide bonds. The Hall–Kier alpha value is -1.93. The van der Waals surface area contributed by atoms with Gasteiger partial charge in [0.15, 0.2) is 0 Å². The SMILES string of the molecule is CCc1nc(Br)cc(Oc2ccccc2C#N)n1. The first kappa shape index (κ1) is 12.5. The zero-order chi connectivity index (χ0) is 13.0. The molecule has 1 aromatic heterocycles. The molecule has 2 aromatic rings. The van der Waals surface area contributed by atoms with Crippen molar-refractivity contribution in [1.82, 2.24) is 9.97 Å². The molecule has 0 bridgehead atoms. The molecule has 0 aliphatic carbocycles. The largest absolute Gasteiger partial charge is 0.437 e. The maximum absolute atomic E-state index is 8.98. The van der Waals surface area contributed by atoms with Crippen LogP contribution in [0, 0.1) is 11.3 Å². The van der Waals surface area contributed by atoms with E-state index in [2.05, 4.69) is 32.0 Å². The van der Waals surface area contributed by atoms with Gasteiger partial charge >= 0.3 is 0 Å². The van der Waals surface area contributed by atoms with Gasteiger partial charge in [0.2, 0.25) is 5.88 Å². The molecule has 0 aliphatic heterocycles. The number of benzene rings is 1. The summed E-state index contributed by atoms with van der Waals surface area (Å²) in [5.74, 6) is 1.61. The van der Waals surface area contributed by atoms with Crippen LogP contribution in [0.25, 0.3) is 0 Å². The fourth-order valence-electron chi connectivity index (χ4n) is 1.41. The Labute approximate surface area is 113 Å². The lowest BCUT2D eigenvalue weighted by Crippen LogP contribution is -1.97. The lowest BCUT2D eigenvalue weighted by atomic mass is 10.2. The second kappa shape index (κ2) is 5.61. The Morgan fingerprint density at radius 1 is 1.33 bits per heavy atom. The summed E-state index contributed by atoms with van der Waals surface area (Å²) in [4.78, 5) is 8.45. The highest BCUT2D eigenvalue weighted by Gasteiger charge is 2.07. The highest BCUT2D eigenvalue weighted by atomic mass is 79.9. The van der Waals surface area contributed by atoms with Crippen LogP contribution in [0.2, 0.25) is 0 Å². The van der Waals surface area contributed by atoms with Crippen molar-refractivity contribution in [3.63, 3.8) is 0 Å². The molecular weight excluding hydrogens is 294 g/mol. The summed E-state index contributed by atoms with van der Waals surface area (Å²) >= 11 is 3.31. The van der Waals surface area contributed by atoms with Gasteiger partial charge in [-0.15, -0.1) is 0 Å². The van der Waals surface area contributed by atoms with E-state index < -0.39 is 0 Å². The number of halogens is 1. The van der Waals surface area contributed by atoms with Gasteiger partial charge in [0.25, 0.3) is 0 Å². The molecule has 0 N–H and O–H groups in total. The molecule has 4 nitrogen and oxygen atoms in total. The van der Waals surface area contributed by atoms with E-state index in [0.29, 0.717) is 27.6 Å². The third kappa shape index (κ3) is 2.84. The number of hydrogen-bond donors (Lipinski definition) is 0. The Balaban J connectivity index is 2.34. The molecule has 0 saturated carbocycles. The number of para-hydroxylation sites is 1. The van der Waals surface area contributed by atoms with Crippen molar-refractivity contribution in [1.29, 1.82) is 5.26 Å². The molecule has 2 rings (SSSR count). The molecule has 0 unspecified atom stereocenters. The van der Waals surface area contributed by atoms with Gasteiger partial charge in [-0.2, -0.15) is 10.2 Å². The molecule has 0 radical (unpaired) electrons. The topological polar surface area (TPSA) is 58.8 Å². The van der Waals surface area contributed by atoms with E-state index in [1.54, 1.807) is 24.3 Å². The van der Waals surface area contributed by atoms with Gasteiger partial charge < -0.3 is 4.74 Å². The van der Waals surface area contributed by atoms with E-state index in [1.807, 2.05) is 13.0 Å². The normalized spacial score (nSPS) is 9.83. The van der Waals surface area contributed by atoms with Crippen LogP contribution < -0.4 is 4.74 Å². The van der Waals surface area contributed by atoms with Crippen molar-refractivity contribution in [3.8, 4) is 17.7 Å². The Kier molecular flexibility index (Phi) is 3.90. The van der Waals surface area contributed by atoms with Gasteiger partial charge in [-0.25, -0.2) is 4.98 Å². The lowest BCUT2D eigenvalue weighted by molar-refractivity contribution is 0.456. The number of aromatic nitrogens is 2. The van der Waals surface area contributed by atoms with Crippen LogP contribution in [0.1, 0.15) is 18.3 Å². The van der Waals surface area contributed by atoms with E-state index >= 15 is 0 Å². The van der Waals surface area contributed by atoms with Crippen LogP contribution in [-0.2, 0) is 6.42 Å². The average Bonchev–Trinajstić information content (AvgIpc) is 2.38. The second-order valence-corrected chi connectivity index (χ2v) is 4.32. The minimum atomic E-state index is 0.427. The summed E-state index contributed by atoms with van der Waals surface area (Å²) in [5.41, 5.74) is 0.477. The molecule has 5 heteroatoms. The van der Waals surface area contributed by atoms with Crippen LogP contribution >= 0.6 is 15.9 Å². The van der Waals surface area contributed by atoms with Gasteiger partial charge in [-0.1, -0.05) is 19.1 Å². The number of rotatable bonds is 3. The van der Waals surface area contributed by atoms with E-state index in [4.69, 9.17) is 10.00 Å². The first-order valence-electron chi connectivity index (χ1n) is 5.43. The summed E-state index contributed by atoms with van der Waals surface area (Å²) in [5, 5.41) is 8.98. The monoisotopic (exact) mass is 303 g/mol. The fraction of sp³-hybridized carbons (Fsp3) is 0.154. The molecule has 1 heterocycles. The molecule has 1 aromatic carbocycles. The van der Waals surface area contributed by atoms with Crippen LogP contribution in [0.3, 0.4) is 0 Å². The Morgan fingerprint density at radius 2 is 2.11 bits per heavy atom. The van der Waals surface area contributed by atoms with Gasteiger partial charge in [-0.3, -0.25) is 0 Å². The molecule has 90 valence electrons. The third-order valence-corrected chi connectivity index (χ3v) is 2.66. The molecular formula is C13H10BrN3O. The summed E-state index contributed by atoms with van der Waals surface area (Å²) in [6.07, 6.45) is 0.718. The van der Waals surface area contributed by atoms with E-state index in [-0.39, 0.29) is 0 Å². The molecule has 0 fully saturated rings. The van der Waals surface area contributed by atoms with Gasteiger partial charge in [0.1, 0.15) is 22.2 Å². The highest BCUT2D eigenvalue weighted by Crippen LogP contribution is 2.24. The summed E-state index contributed by atoms with van der Waals surface area (Å²) in [6, 6.07) is 10.8. The Bertz CT molecular complexity index is 607. The van der Waals surface area contributed by atoms with Gasteiger partial charge in [0.05, 0.1) is 5.56 Å². The smallest absolute Gasteiger partial charge is 0.223 e. The van der Waals surface area contributed by atoms with Crippen LogP contribution in [0.15, 0.2) is 34.9 Å². The number of ether oxygens (including phenoxy) is 1. The molecule has 18 heavy (non-hydrogen) atoms. The standard InChI is InChI=1S/C13H10BrN3O/c1-2-12-16-11(14)7-13(17-12)18-10-6-4-3-5-9(10)8-15/h3-7H,2H2,1H3. The van der Waals surface area contributed by atoms with Crippen molar-refractivity contribution >= 4 is 15.9 Å². The Morgan fingerprint density at radius 3 is 2.83 bits per heavy atom. The van der Waals surface area contributed by atoms with Crippen LogP contribution in [0.5, 0.6) is 11.6 Å². The minimum Gasteiger partial charge on any atom is -0.437 e. The second-order valence-electron chi connectivity index (χ2n) is 3.51. The van der Waals surface area contributed by atoms with E-state index in [0.717, 1.165) is 6.42 Å². The predicted octanol–water partition coefficient (Wildman–Crippen LogP) is 3.47. The lowest BCUT2D eigenvalue weighted by Gasteiger charge is -2.07. The molecule has 0 spiro atoms. The van der Waals surface area contributed by atoms with Crippen molar-refractivity contribution in [2.45, 2.75) is 13.3 Å². The minimum absolute atomic E-state index is 0.427. The van der Waals surface area contributed by atoms with Crippen molar-refractivity contribution in [2.75, 3.05) is 0 Å². The van der Waals surface area contributed by atoms with Gasteiger partial charge in [-0.05, 0) is 28.1 Å². The quantitative estimate of drug-likeness (QED) is 0.815. The van der Waals surface area contributed by atoms with Gasteiger partial charge in [0, 0.05) is 12.5 Å². The third-order valence-electron chi connectivity index (χ3n) is 2.26. The summed E-state index contributed by atoms with van der Waals surface area (Å²) < 4.78 is 6.29. The summed E-state index contributed by atoms with van der Waals surface area (Å²) in [6.45, 7) is 1.97. The predicted molar refractivity (Wildman–Crippen MR) is 70.3 cm³/mol. The van der Waals surface area contributed by atoms with E-state index in [9.17, 15) is 0 Å². The molecule has 0 atom stereocenters. The first-order chi connectivity index (χ1) is 8.72. The van der Waals surface area contributed by atoms with Crippen LogP contribution in [0.4, 0.5) is 0 Å². The average molecular weight is 304 g/mol.